The number of amides is 1. The number of anilines is 1. The monoisotopic (exact) mass is 380 g/mol. The molecule has 26 heavy (non-hydrogen) atoms. The lowest BCUT2D eigenvalue weighted by molar-refractivity contribution is -0.148. The molecule has 1 N–H and O–H groups in total. The van der Waals surface area contributed by atoms with Crippen LogP contribution < -0.4 is 5.32 Å². The van der Waals surface area contributed by atoms with E-state index >= 15 is 0 Å². The first-order valence-corrected chi connectivity index (χ1v) is 9.97. The van der Waals surface area contributed by atoms with Crippen molar-refractivity contribution in [2.75, 3.05) is 18.5 Å². The van der Waals surface area contributed by atoms with E-state index in [4.69, 9.17) is 9.47 Å². The zero-order chi connectivity index (χ0) is 18.5. The highest BCUT2D eigenvalue weighted by atomic mass is 32.1. The second-order valence-corrected chi connectivity index (χ2v) is 7.83. The van der Waals surface area contributed by atoms with Crippen LogP contribution in [0.4, 0.5) is 5.13 Å². The van der Waals surface area contributed by atoms with Crippen molar-refractivity contribution in [2.24, 2.45) is 17.8 Å². The predicted octanol–water partition coefficient (Wildman–Crippen LogP) is 2.56. The van der Waals surface area contributed by atoms with Crippen LogP contribution in [-0.4, -0.2) is 36.0 Å². The van der Waals surface area contributed by atoms with Crippen molar-refractivity contribution in [1.82, 2.24) is 4.98 Å². The first-order chi connectivity index (χ1) is 12.5. The average Bonchev–Trinajstić information content (AvgIpc) is 3.31. The molecule has 2 saturated carbocycles. The number of hydrogen-bond acceptors (Lipinski definition) is 7. The third-order valence-corrected chi connectivity index (χ3v) is 5.91. The summed E-state index contributed by atoms with van der Waals surface area (Å²) in [6.07, 6.45) is 5.37. The Kier molecular flexibility index (Phi) is 6.24. The lowest BCUT2D eigenvalue weighted by atomic mass is 9.86. The Labute approximate surface area is 156 Å². The number of carbonyl (C=O) groups excluding carboxylic acids is 3. The van der Waals surface area contributed by atoms with E-state index in [1.807, 2.05) is 0 Å². The number of nitrogens with zero attached hydrogens (tertiary/aromatic N) is 1. The number of esters is 2. The number of nitrogens with one attached hydrogen (secondary N) is 1. The highest BCUT2D eigenvalue weighted by Crippen LogP contribution is 2.49. The maximum absolute atomic E-state index is 12.0. The highest BCUT2D eigenvalue weighted by molar-refractivity contribution is 7.13. The molecule has 0 radical (unpaired) electrons. The summed E-state index contributed by atoms with van der Waals surface area (Å²) in [5.41, 5.74) is 0.539. The van der Waals surface area contributed by atoms with Gasteiger partial charge in [0.25, 0.3) is 5.91 Å². The number of ether oxygens (including phenoxy) is 2. The standard InChI is InChI=1S/C18H24N2O5S/c1-2-24-17(23)8-14-10-26-18(19-14)20-15(21)9-25-16(22)7-13-6-11-3-4-12(13)5-11/h10-13H,2-9H2,1H3,(H,19,20,21)/t11-,12-,13-/m1/s1. The fraction of sp³-hybridized carbons (Fsp3) is 0.667. The van der Waals surface area contributed by atoms with Gasteiger partial charge in [0.2, 0.25) is 0 Å². The van der Waals surface area contributed by atoms with Crippen LogP contribution in [0.1, 0.15) is 44.7 Å². The van der Waals surface area contributed by atoms with E-state index in [9.17, 15) is 14.4 Å². The van der Waals surface area contributed by atoms with E-state index in [1.54, 1.807) is 12.3 Å². The molecule has 2 aliphatic rings. The molecular weight excluding hydrogens is 356 g/mol. The zero-order valence-electron chi connectivity index (χ0n) is 14.9. The van der Waals surface area contributed by atoms with Crippen LogP contribution >= 0.6 is 11.3 Å². The van der Waals surface area contributed by atoms with Gasteiger partial charge in [0.15, 0.2) is 11.7 Å². The first-order valence-electron chi connectivity index (χ1n) is 9.09. The Bertz CT molecular complexity index is 674. The van der Waals surface area contributed by atoms with Gasteiger partial charge in [0, 0.05) is 11.8 Å². The molecule has 0 aromatic carbocycles. The maximum atomic E-state index is 12.0. The normalized spacial score (nSPS) is 23.7. The summed E-state index contributed by atoms with van der Waals surface area (Å²) in [7, 11) is 0. The fourth-order valence-corrected chi connectivity index (χ4v) is 4.73. The summed E-state index contributed by atoms with van der Waals surface area (Å²) in [5, 5.41) is 4.64. The molecule has 2 aliphatic carbocycles. The molecule has 142 valence electrons. The lowest BCUT2D eigenvalue weighted by Gasteiger charge is -2.20. The number of thiazole rings is 1. The third kappa shape index (κ3) is 5.03. The summed E-state index contributed by atoms with van der Waals surface area (Å²) in [6.45, 7) is 1.75. The zero-order valence-corrected chi connectivity index (χ0v) is 15.7. The van der Waals surface area contributed by atoms with Crippen molar-refractivity contribution < 1.29 is 23.9 Å². The van der Waals surface area contributed by atoms with Crippen molar-refractivity contribution >= 4 is 34.3 Å². The Morgan fingerprint density at radius 2 is 2.08 bits per heavy atom. The summed E-state index contributed by atoms with van der Waals surface area (Å²) in [5.74, 6) is 0.784. The topological polar surface area (TPSA) is 94.6 Å². The molecule has 0 unspecified atom stereocenters. The molecule has 7 nitrogen and oxygen atoms in total. The molecule has 2 fully saturated rings. The predicted molar refractivity (Wildman–Crippen MR) is 95.6 cm³/mol. The van der Waals surface area contributed by atoms with Crippen LogP contribution in [0.25, 0.3) is 0 Å². The van der Waals surface area contributed by atoms with Crippen LogP contribution in [0.5, 0.6) is 0 Å². The highest BCUT2D eigenvalue weighted by Gasteiger charge is 2.40. The average molecular weight is 380 g/mol. The Morgan fingerprint density at radius 3 is 2.77 bits per heavy atom. The minimum Gasteiger partial charge on any atom is -0.466 e. The van der Waals surface area contributed by atoms with Crippen molar-refractivity contribution in [3.05, 3.63) is 11.1 Å². The van der Waals surface area contributed by atoms with Gasteiger partial charge in [-0.1, -0.05) is 6.42 Å². The lowest BCUT2D eigenvalue weighted by Crippen LogP contribution is -2.23. The maximum Gasteiger partial charge on any atom is 0.311 e. The van der Waals surface area contributed by atoms with Crippen LogP contribution in [0.3, 0.4) is 0 Å². The molecule has 0 saturated heterocycles. The molecule has 1 aromatic rings. The second kappa shape index (κ2) is 8.62. The van der Waals surface area contributed by atoms with E-state index in [-0.39, 0.29) is 25.0 Å². The van der Waals surface area contributed by atoms with Gasteiger partial charge in [-0.3, -0.25) is 19.7 Å². The Balaban J connectivity index is 1.36. The molecule has 8 heteroatoms. The SMILES string of the molecule is CCOC(=O)Cc1csc(NC(=O)COC(=O)C[C@H]2C[C@@H]3CC[C@@H]2C3)n1. The molecule has 1 heterocycles. The molecule has 3 rings (SSSR count). The van der Waals surface area contributed by atoms with E-state index in [0.717, 1.165) is 12.3 Å². The molecule has 2 bridgehead atoms. The number of rotatable bonds is 8. The van der Waals surface area contributed by atoms with E-state index in [1.165, 1.54) is 30.6 Å². The van der Waals surface area contributed by atoms with Crippen LogP contribution in [0.15, 0.2) is 5.38 Å². The quantitative estimate of drug-likeness (QED) is 0.697. The van der Waals surface area contributed by atoms with E-state index in [0.29, 0.717) is 35.7 Å². The number of hydrogen-bond donors (Lipinski definition) is 1. The molecule has 0 aliphatic heterocycles. The number of carbonyl (C=O) groups is 3. The smallest absolute Gasteiger partial charge is 0.311 e. The molecule has 0 spiro atoms. The second-order valence-electron chi connectivity index (χ2n) is 6.97. The van der Waals surface area contributed by atoms with Gasteiger partial charge in [0.05, 0.1) is 18.7 Å². The summed E-state index contributed by atoms with van der Waals surface area (Å²) in [6, 6.07) is 0. The molecular formula is C18H24N2O5S. The van der Waals surface area contributed by atoms with Gasteiger partial charge in [-0.05, 0) is 43.9 Å². The van der Waals surface area contributed by atoms with E-state index < -0.39 is 5.91 Å². The summed E-state index contributed by atoms with van der Waals surface area (Å²) in [4.78, 5) is 39.4. The van der Waals surface area contributed by atoms with Crippen LogP contribution in [0.2, 0.25) is 0 Å². The van der Waals surface area contributed by atoms with Crippen LogP contribution in [-0.2, 0) is 30.3 Å². The molecule has 1 amide bonds. The number of fused-ring (bicyclic) bond motifs is 2. The Hall–Kier alpha value is -1.96. The van der Waals surface area contributed by atoms with Crippen molar-refractivity contribution in [2.45, 2.75) is 45.4 Å². The first kappa shape index (κ1) is 18.8. The third-order valence-electron chi connectivity index (χ3n) is 5.11. The Morgan fingerprint density at radius 1 is 1.23 bits per heavy atom. The fourth-order valence-electron chi connectivity index (χ4n) is 4.01. The van der Waals surface area contributed by atoms with Gasteiger partial charge < -0.3 is 9.47 Å². The van der Waals surface area contributed by atoms with Crippen molar-refractivity contribution in [1.29, 1.82) is 0 Å². The molecule has 1 aromatic heterocycles. The largest absolute Gasteiger partial charge is 0.466 e. The number of aromatic nitrogens is 1. The van der Waals surface area contributed by atoms with Gasteiger partial charge in [-0.2, -0.15) is 0 Å². The van der Waals surface area contributed by atoms with E-state index in [2.05, 4.69) is 10.3 Å². The summed E-state index contributed by atoms with van der Waals surface area (Å²) < 4.78 is 9.96. The minimum atomic E-state index is -0.427. The minimum absolute atomic E-state index is 0.0682. The van der Waals surface area contributed by atoms with Gasteiger partial charge >= 0.3 is 11.9 Å². The summed E-state index contributed by atoms with van der Waals surface area (Å²) >= 11 is 1.22. The van der Waals surface area contributed by atoms with Crippen molar-refractivity contribution in [3.63, 3.8) is 0 Å². The van der Waals surface area contributed by atoms with Gasteiger partial charge in [-0.15, -0.1) is 11.3 Å². The van der Waals surface area contributed by atoms with Crippen LogP contribution in [0, 0.1) is 17.8 Å². The van der Waals surface area contributed by atoms with Gasteiger partial charge in [0.1, 0.15) is 0 Å². The van der Waals surface area contributed by atoms with Crippen molar-refractivity contribution in [3.8, 4) is 0 Å². The van der Waals surface area contributed by atoms with Gasteiger partial charge in [-0.25, -0.2) is 4.98 Å². The molecule has 3 atom stereocenters.